The Morgan fingerprint density at radius 3 is 1.34 bits per heavy atom. The molecule has 0 saturated heterocycles. The number of nitrogens with zero attached hydrogens (tertiary/aromatic N) is 2. The highest BCUT2D eigenvalue weighted by atomic mass is 16.3. The minimum atomic E-state index is 0.214. The van der Waals surface area contributed by atoms with Crippen LogP contribution in [-0.4, -0.2) is 22.6 Å². The SMILES string of the molecule is Cc1cc(-c2ccc(N=Cc3ccccc3O)c(C)c2)ccc1N=Cc1ccccc1O. The van der Waals surface area contributed by atoms with E-state index in [1.807, 2.05) is 62.4 Å². The molecule has 2 N–H and O–H groups in total. The molecular weight excluding hydrogens is 396 g/mol. The number of rotatable bonds is 5. The van der Waals surface area contributed by atoms with Crippen molar-refractivity contribution in [3.8, 4) is 22.6 Å². The number of para-hydroxylation sites is 2. The van der Waals surface area contributed by atoms with Crippen molar-refractivity contribution in [2.75, 3.05) is 0 Å². The molecule has 0 unspecified atom stereocenters. The van der Waals surface area contributed by atoms with Gasteiger partial charge in [-0.3, -0.25) is 9.98 Å². The predicted octanol–water partition coefficient (Wildman–Crippen LogP) is 6.88. The number of aryl methyl sites for hydroxylation is 2. The van der Waals surface area contributed by atoms with Gasteiger partial charge < -0.3 is 10.2 Å². The molecule has 4 nitrogen and oxygen atoms in total. The molecule has 0 spiro atoms. The second-order valence-corrected chi connectivity index (χ2v) is 7.64. The normalized spacial score (nSPS) is 11.4. The van der Waals surface area contributed by atoms with E-state index in [0.717, 1.165) is 33.6 Å². The van der Waals surface area contributed by atoms with E-state index in [1.54, 1.807) is 36.7 Å². The van der Waals surface area contributed by atoms with E-state index in [9.17, 15) is 10.2 Å². The first-order valence-electron chi connectivity index (χ1n) is 10.4. The third-order valence-corrected chi connectivity index (χ3v) is 5.29. The highest BCUT2D eigenvalue weighted by molar-refractivity contribution is 5.86. The number of phenols is 2. The van der Waals surface area contributed by atoms with Gasteiger partial charge in [-0.05, 0) is 84.6 Å². The van der Waals surface area contributed by atoms with Crippen LogP contribution in [0.15, 0.2) is 94.9 Å². The summed E-state index contributed by atoms with van der Waals surface area (Å²) in [6.07, 6.45) is 3.36. The highest BCUT2D eigenvalue weighted by Crippen LogP contribution is 2.30. The average molecular weight is 421 g/mol. The lowest BCUT2D eigenvalue weighted by Crippen LogP contribution is -1.85. The second kappa shape index (κ2) is 9.31. The topological polar surface area (TPSA) is 65.2 Å². The third-order valence-electron chi connectivity index (χ3n) is 5.29. The van der Waals surface area contributed by atoms with E-state index in [4.69, 9.17) is 0 Å². The lowest BCUT2D eigenvalue weighted by molar-refractivity contribution is 0.474. The van der Waals surface area contributed by atoms with Crippen LogP contribution in [0.3, 0.4) is 0 Å². The number of phenolic OH excluding ortho intramolecular Hbond substituents is 2. The third kappa shape index (κ3) is 4.76. The molecule has 0 aromatic heterocycles. The van der Waals surface area contributed by atoms with Gasteiger partial charge in [0.1, 0.15) is 11.5 Å². The molecule has 0 aliphatic carbocycles. The van der Waals surface area contributed by atoms with Crippen LogP contribution in [0.25, 0.3) is 11.1 Å². The first-order valence-corrected chi connectivity index (χ1v) is 10.4. The smallest absolute Gasteiger partial charge is 0.124 e. The van der Waals surface area contributed by atoms with E-state index in [2.05, 4.69) is 22.1 Å². The Bertz CT molecular complexity index is 1220. The van der Waals surface area contributed by atoms with Crippen molar-refractivity contribution < 1.29 is 10.2 Å². The quantitative estimate of drug-likeness (QED) is 0.346. The summed E-state index contributed by atoms with van der Waals surface area (Å²) in [5.74, 6) is 0.428. The van der Waals surface area contributed by atoms with Gasteiger partial charge in [-0.15, -0.1) is 0 Å². The van der Waals surface area contributed by atoms with Crippen LogP contribution in [0.4, 0.5) is 11.4 Å². The van der Waals surface area contributed by atoms with Crippen molar-refractivity contribution in [2.24, 2.45) is 9.98 Å². The lowest BCUT2D eigenvalue weighted by atomic mass is 10.00. The molecule has 4 aromatic rings. The Kier molecular flexibility index (Phi) is 6.13. The van der Waals surface area contributed by atoms with Crippen LogP contribution in [0.2, 0.25) is 0 Å². The van der Waals surface area contributed by atoms with Crippen molar-refractivity contribution in [2.45, 2.75) is 13.8 Å². The fourth-order valence-corrected chi connectivity index (χ4v) is 3.43. The van der Waals surface area contributed by atoms with Gasteiger partial charge >= 0.3 is 0 Å². The summed E-state index contributed by atoms with van der Waals surface area (Å²) in [4.78, 5) is 9.08. The fourth-order valence-electron chi connectivity index (χ4n) is 3.43. The standard InChI is InChI=1S/C28H24N2O2/c1-19-15-21(11-13-25(19)29-17-23-7-3-5-9-27(23)31)22-12-14-26(20(2)16-22)30-18-24-8-4-6-10-28(24)32/h3-18,31-32H,1-2H3. The summed E-state index contributed by atoms with van der Waals surface area (Å²) in [6, 6.07) is 26.6. The van der Waals surface area contributed by atoms with Gasteiger partial charge in [0.15, 0.2) is 0 Å². The molecule has 0 saturated carbocycles. The van der Waals surface area contributed by atoms with Gasteiger partial charge in [-0.25, -0.2) is 0 Å². The van der Waals surface area contributed by atoms with Crippen LogP contribution in [-0.2, 0) is 0 Å². The summed E-state index contributed by atoms with van der Waals surface area (Å²) >= 11 is 0. The maximum atomic E-state index is 9.90. The molecule has 0 aliphatic rings. The highest BCUT2D eigenvalue weighted by Gasteiger charge is 2.05. The van der Waals surface area contributed by atoms with Crippen LogP contribution >= 0.6 is 0 Å². The van der Waals surface area contributed by atoms with Gasteiger partial charge in [0.05, 0.1) is 11.4 Å². The molecule has 0 bridgehead atoms. The molecule has 0 heterocycles. The van der Waals surface area contributed by atoms with E-state index in [1.165, 1.54) is 0 Å². The summed E-state index contributed by atoms with van der Waals surface area (Å²) in [5.41, 5.74) is 7.39. The average Bonchev–Trinajstić information content (AvgIpc) is 2.79. The Morgan fingerprint density at radius 1 is 0.562 bits per heavy atom. The molecule has 0 radical (unpaired) electrons. The summed E-state index contributed by atoms with van der Waals surface area (Å²) in [6.45, 7) is 4.05. The van der Waals surface area contributed by atoms with Crippen molar-refractivity contribution in [1.82, 2.24) is 0 Å². The van der Waals surface area contributed by atoms with Gasteiger partial charge in [0, 0.05) is 23.6 Å². The largest absolute Gasteiger partial charge is 0.507 e. The molecule has 0 fully saturated rings. The molecular formula is C28H24N2O2. The number of aromatic hydroxyl groups is 2. The van der Waals surface area contributed by atoms with E-state index in [-0.39, 0.29) is 11.5 Å². The first-order chi connectivity index (χ1) is 15.5. The lowest BCUT2D eigenvalue weighted by Gasteiger charge is -2.08. The molecule has 4 heteroatoms. The van der Waals surface area contributed by atoms with Crippen molar-refractivity contribution in [3.63, 3.8) is 0 Å². The van der Waals surface area contributed by atoms with Gasteiger partial charge in [0.2, 0.25) is 0 Å². The Hall–Kier alpha value is -4.18. The second-order valence-electron chi connectivity index (χ2n) is 7.64. The van der Waals surface area contributed by atoms with Crippen molar-refractivity contribution in [3.05, 3.63) is 107 Å². The van der Waals surface area contributed by atoms with E-state index in [0.29, 0.717) is 11.1 Å². The van der Waals surface area contributed by atoms with Crippen LogP contribution in [0.5, 0.6) is 11.5 Å². The van der Waals surface area contributed by atoms with Gasteiger partial charge in [-0.1, -0.05) is 36.4 Å². The Labute approximate surface area is 187 Å². The van der Waals surface area contributed by atoms with Gasteiger partial charge in [-0.2, -0.15) is 0 Å². The van der Waals surface area contributed by atoms with Crippen LogP contribution in [0.1, 0.15) is 22.3 Å². The zero-order chi connectivity index (χ0) is 22.5. The zero-order valence-corrected chi connectivity index (χ0v) is 18.0. The Morgan fingerprint density at radius 2 is 0.969 bits per heavy atom. The molecule has 0 amide bonds. The van der Waals surface area contributed by atoms with E-state index >= 15 is 0 Å². The van der Waals surface area contributed by atoms with Crippen LogP contribution < -0.4 is 0 Å². The molecule has 158 valence electrons. The fraction of sp³-hybridized carbons (Fsp3) is 0.0714. The molecule has 4 aromatic carbocycles. The van der Waals surface area contributed by atoms with E-state index < -0.39 is 0 Å². The number of benzene rings is 4. The van der Waals surface area contributed by atoms with Gasteiger partial charge in [0.25, 0.3) is 0 Å². The maximum Gasteiger partial charge on any atom is 0.124 e. The molecule has 0 atom stereocenters. The summed E-state index contributed by atoms with van der Waals surface area (Å²) in [5, 5.41) is 19.8. The summed E-state index contributed by atoms with van der Waals surface area (Å²) in [7, 11) is 0. The van der Waals surface area contributed by atoms with Crippen molar-refractivity contribution in [1.29, 1.82) is 0 Å². The molecule has 0 aliphatic heterocycles. The van der Waals surface area contributed by atoms with Crippen molar-refractivity contribution >= 4 is 23.8 Å². The maximum absolute atomic E-state index is 9.90. The summed E-state index contributed by atoms with van der Waals surface area (Å²) < 4.78 is 0. The Balaban J connectivity index is 1.55. The van der Waals surface area contributed by atoms with Crippen LogP contribution in [0, 0.1) is 13.8 Å². The minimum absolute atomic E-state index is 0.214. The molecule has 4 rings (SSSR count). The monoisotopic (exact) mass is 420 g/mol. The molecule has 32 heavy (non-hydrogen) atoms. The number of hydrogen-bond acceptors (Lipinski definition) is 4. The minimum Gasteiger partial charge on any atom is -0.507 e. The predicted molar refractivity (Wildman–Crippen MR) is 132 cm³/mol. The number of hydrogen-bond donors (Lipinski definition) is 2. The zero-order valence-electron chi connectivity index (χ0n) is 18.0. The first kappa shape index (κ1) is 21.1. The number of aliphatic imine (C=N–C) groups is 2.